The van der Waals surface area contributed by atoms with E-state index >= 15 is 0 Å². The number of fused-ring (bicyclic) bond motifs is 11. The number of aromatic nitrogens is 2. The molecular formula is C72H45BN4. The summed E-state index contributed by atoms with van der Waals surface area (Å²) >= 11 is 0. The molecular weight excluding hydrogens is 932 g/mol. The zero-order chi connectivity index (χ0) is 50.6. The van der Waals surface area contributed by atoms with Crippen molar-refractivity contribution in [2.45, 2.75) is 0 Å². The van der Waals surface area contributed by atoms with Crippen LogP contribution in [0.5, 0.6) is 0 Å². The van der Waals surface area contributed by atoms with E-state index in [1.54, 1.807) is 0 Å². The number of rotatable bonds is 6. The average Bonchev–Trinajstić information content (AvgIpc) is 3.68. The summed E-state index contributed by atoms with van der Waals surface area (Å²) in [5.41, 5.74) is 18.9. The van der Waals surface area contributed by atoms with Crippen molar-refractivity contribution in [1.29, 1.82) is 0 Å². The minimum atomic E-state index is -0.136. The first-order valence-electron chi connectivity index (χ1n) is 26.5. The van der Waals surface area contributed by atoms with Crippen LogP contribution in [0.1, 0.15) is 0 Å². The molecule has 5 heteroatoms. The van der Waals surface area contributed by atoms with Gasteiger partial charge in [0.05, 0.1) is 11.2 Å². The van der Waals surface area contributed by atoms with Crippen molar-refractivity contribution in [3.63, 3.8) is 0 Å². The lowest BCUT2D eigenvalue weighted by molar-refractivity contribution is 1.21. The summed E-state index contributed by atoms with van der Waals surface area (Å²) in [5, 5.41) is 10.7. The van der Waals surface area contributed by atoms with Gasteiger partial charge in [0.15, 0.2) is 5.82 Å². The molecule has 0 amide bonds. The predicted molar refractivity (Wildman–Crippen MR) is 325 cm³/mol. The van der Waals surface area contributed by atoms with Crippen LogP contribution in [0.25, 0.3) is 98.9 Å². The molecule has 0 spiro atoms. The lowest BCUT2D eigenvalue weighted by Crippen LogP contribution is -2.61. The summed E-state index contributed by atoms with van der Waals surface area (Å²) in [6.45, 7) is -0.136. The molecule has 0 radical (unpaired) electrons. The third-order valence-electron chi connectivity index (χ3n) is 16.1. The number of benzene rings is 13. The molecule has 0 aliphatic carbocycles. The highest BCUT2D eigenvalue weighted by molar-refractivity contribution is 7.00. The van der Waals surface area contributed by atoms with Gasteiger partial charge in [0.25, 0.3) is 6.71 Å². The van der Waals surface area contributed by atoms with E-state index in [0.717, 1.165) is 50.5 Å². The zero-order valence-corrected chi connectivity index (χ0v) is 41.8. The van der Waals surface area contributed by atoms with Gasteiger partial charge in [-0.3, -0.25) is 0 Å². The molecule has 0 bridgehead atoms. The van der Waals surface area contributed by atoms with Crippen molar-refractivity contribution in [2.24, 2.45) is 0 Å². The topological polar surface area (TPSA) is 32.3 Å². The number of hydrogen-bond donors (Lipinski definition) is 0. The van der Waals surface area contributed by atoms with E-state index in [0.29, 0.717) is 5.82 Å². The van der Waals surface area contributed by atoms with Gasteiger partial charge in [-0.2, -0.15) is 0 Å². The van der Waals surface area contributed by atoms with E-state index in [4.69, 9.17) is 9.97 Å². The van der Waals surface area contributed by atoms with Crippen molar-refractivity contribution in [2.75, 3.05) is 9.80 Å². The maximum atomic E-state index is 5.60. The van der Waals surface area contributed by atoms with Crippen molar-refractivity contribution in [1.82, 2.24) is 9.97 Å². The van der Waals surface area contributed by atoms with E-state index in [2.05, 4.69) is 283 Å². The summed E-state index contributed by atoms with van der Waals surface area (Å²) in [6.07, 6.45) is 0. The first kappa shape index (κ1) is 43.3. The van der Waals surface area contributed by atoms with Crippen LogP contribution >= 0.6 is 0 Å². The number of nitrogens with zero attached hydrogens (tertiary/aromatic N) is 4. The Bertz CT molecular complexity index is 4440. The largest absolute Gasteiger partial charge is 0.311 e. The fourth-order valence-electron chi connectivity index (χ4n) is 12.6. The molecule has 1 aromatic heterocycles. The predicted octanol–water partition coefficient (Wildman–Crippen LogP) is 17.0. The van der Waals surface area contributed by atoms with Crippen molar-refractivity contribution in [3.8, 4) is 44.9 Å². The van der Waals surface area contributed by atoms with Crippen LogP contribution in [0, 0.1) is 0 Å². The Morgan fingerprint density at radius 3 is 1.19 bits per heavy atom. The third kappa shape index (κ3) is 6.94. The lowest BCUT2D eigenvalue weighted by Gasteiger charge is -2.45. The van der Waals surface area contributed by atoms with Crippen LogP contribution in [-0.2, 0) is 0 Å². The normalized spacial score (nSPS) is 12.6. The van der Waals surface area contributed by atoms with E-state index in [1.807, 2.05) is 0 Å². The van der Waals surface area contributed by atoms with Gasteiger partial charge in [-0.25, -0.2) is 9.97 Å². The number of para-hydroxylation sites is 1. The minimum Gasteiger partial charge on any atom is -0.311 e. The Labute approximate surface area is 446 Å². The van der Waals surface area contributed by atoms with Gasteiger partial charge in [0.1, 0.15) is 0 Å². The molecule has 13 aromatic carbocycles. The Balaban J connectivity index is 1.05. The molecule has 0 saturated heterocycles. The van der Waals surface area contributed by atoms with Crippen LogP contribution in [0.4, 0.5) is 34.1 Å². The van der Waals surface area contributed by atoms with Crippen LogP contribution in [0.15, 0.2) is 273 Å². The second-order valence-corrected chi connectivity index (χ2v) is 20.5. The molecule has 356 valence electrons. The summed E-state index contributed by atoms with van der Waals surface area (Å²) in [5.74, 6) is 0.668. The molecule has 0 unspecified atom stereocenters. The van der Waals surface area contributed by atoms with E-state index in [-0.39, 0.29) is 6.71 Å². The van der Waals surface area contributed by atoms with Gasteiger partial charge in [0.2, 0.25) is 0 Å². The highest BCUT2D eigenvalue weighted by atomic mass is 15.2. The molecule has 0 N–H and O–H groups in total. The lowest BCUT2D eigenvalue weighted by atomic mass is 9.33. The Morgan fingerprint density at radius 2 is 0.701 bits per heavy atom. The average molecular weight is 977 g/mol. The highest BCUT2D eigenvalue weighted by Gasteiger charge is 2.45. The number of hydrogen-bond acceptors (Lipinski definition) is 4. The first-order valence-corrected chi connectivity index (χ1v) is 26.5. The summed E-state index contributed by atoms with van der Waals surface area (Å²) in [6, 6.07) is 100. The maximum Gasteiger partial charge on any atom is 0.252 e. The first-order chi connectivity index (χ1) is 38.2. The summed E-state index contributed by atoms with van der Waals surface area (Å²) < 4.78 is 0. The molecule has 14 aromatic rings. The van der Waals surface area contributed by atoms with Gasteiger partial charge >= 0.3 is 0 Å². The van der Waals surface area contributed by atoms with Crippen LogP contribution < -0.4 is 26.2 Å². The van der Waals surface area contributed by atoms with Gasteiger partial charge in [-0.15, -0.1) is 0 Å². The van der Waals surface area contributed by atoms with Crippen LogP contribution in [-0.4, -0.2) is 16.7 Å². The summed E-state index contributed by atoms with van der Waals surface area (Å²) in [7, 11) is 0. The zero-order valence-electron chi connectivity index (χ0n) is 41.8. The van der Waals surface area contributed by atoms with Gasteiger partial charge in [0, 0.05) is 61.4 Å². The Morgan fingerprint density at radius 1 is 0.286 bits per heavy atom. The van der Waals surface area contributed by atoms with Crippen LogP contribution in [0.2, 0.25) is 0 Å². The van der Waals surface area contributed by atoms with E-state index in [1.165, 1.54) is 93.1 Å². The van der Waals surface area contributed by atoms with Gasteiger partial charge < -0.3 is 9.80 Å². The fraction of sp³-hybridized carbons (Fsp3) is 0. The number of anilines is 6. The van der Waals surface area contributed by atoms with Gasteiger partial charge in [-0.1, -0.05) is 206 Å². The molecule has 2 aliphatic rings. The van der Waals surface area contributed by atoms with Crippen LogP contribution in [0.3, 0.4) is 0 Å². The molecule has 4 nitrogen and oxygen atoms in total. The second-order valence-electron chi connectivity index (χ2n) is 20.5. The summed E-state index contributed by atoms with van der Waals surface area (Å²) in [4.78, 5) is 16.2. The molecule has 0 saturated carbocycles. The smallest absolute Gasteiger partial charge is 0.252 e. The van der Waals surface area contributed by atoms with E-state index < -0.39 is 0 Å². The highest BCUT2D eigenvalue weighted by Crippen LogP contribution is 2.50. The monoisotopic (exact) mass is 976 g/mol. The molecule has 77 heavy (non-hydrogen) atoms. The standard InChI is InChI=1S/C72H45BN4/c1-4-16-46(17-5-1)48-28-34-58(35-29-48)76-66-44-57(72-74-65-27-15-14-26-60(65)69(75-72)50-20-8-3-9-21-50)45-67-68(66)73(63-38-32-55-40-51-22-10-12-24-53(51)42-61(55)70(63)76)64-39-33-56-41-52-23-11-13-25-54(52)43-62(56)71(64)77(67)59-36-30-49(31-37-59)47-18-6-2-7-19-47/h1-45H. The van der Waals surface area contributed by atoms with Crippen molar-refractivity contribution >= 4 is 111 Å². The van der Waals surface area contributed by atoms with Crippen molar-refractivity contribution < 1.29 is 0 Å². The second kappa shape index (κ2) is 17.2. The molecule has 0 fully saturated rings. The van der Waals surface area contributed by atoms with Crippen molar-refractivity contribution in [3.05, 3.63) is 273 Å². The maximum absolute atomic E-state index is 5.60. The van der Waals surface area contributed by atoms with E-state index in [9.17, 15) is 0 Å². The fourth-order valence-corrected chi connectivity index (χ4v) is 12.6. The molecule has 2 aliphatic heterocycles. The molecule has 16 rings (SSSR count). The third-order valence-corrected chi connectivity index (χ3v) is 16.1. The Hall–Kier alpha value is -10.1. The van der Waals surface area contributed by atoms with Gasteiger partial charge in [-0.05, 0) is 138 Å². The minimum absolute atomic E-state index is 0.136. The quantitative estimate of drug-likeness (QED) is 0.123. The molecule has 3 heterocycles. The SMILES string of the molecule is c1ccc(-c2ccc(N3c4cc(-c5nc(-c6ccccc6)c6ccccc6n5)cc5c4B(c4ccc6cc7ccccc7cc6c43)c3ccc4cc6ccccc6cc4c3N5c3ccc(-c4ccccc4)cc3)cc2)cc1. The Kier molecular flexibility index (Phi) is 9.70. The molecule has 0 atom stereocenters.